The molecule has 1 N–H and O–H groups in total. The Morgan fingerprint density at radius 3 is 2.31 bits per heavy atom. The molecule has 0 radical (unpaired) electrons. The number of carbonyl (C=O) groups is 1. The Bertz CT molecular complexity index is 1210. The zero-order chi connectivity index (χ0) is 22.5. The van der Waals surface area contributed by atoms with E-state index in [1.165, 1.54) is 18.4 Å². The summed E-state index contributed by atoms with van der Waals surface area (Å²) in [6, 6.07) is 19.3. The standard InChI is InChI=1S/C26H28N4O2/c1-4-6-7-19-8-12-21(13-9-19)30-28-24-16-18(3)23(17-25(24)29-30)27-26(31)20-10-14-22(15-11-20)32-5-2/h8-17H,4-7H2,1-3H3,(H,27,31). The van der Waals surface area contributed by atoms with Gasteiger partial charge in [0.05, 0.1) is 12.3 Å². The third-order valence-electron chi connectivity index (χ3n) is 5.39. The van der Waals surface area contributed by atoms with Gasteiger partial charge in [-0.2, -0.15) is 4.80 Å². The number of carbonyl (C=O) groups excluding carboxylic acids is 1. The number of anilines is 1. The summed E-state index contributed by atoms with van der Waals surface area (Å²) in [5.41, 5.74) is 5.97. The van der Waals surface area contributed by atoms with Gasteiger partial charge >= 0.3 is 0 Å². The van der Waals surface area contributed by atoms with Crippen LogP contribution in [0.3, 0.4) is 0 Å². The van der Waals surface area contributed by atoms with E-state index in [1.807, 2.05) is 38.1 Å². The van der Waals surface area contributed by atoms with E-state index in [4.69, 9.17) is 4.74 Å². The number of nitrogens with one attached hydrogen (secondary N) is 1. The number of benzene rings is 3. The number of aromatic nitrogens is 3. The lowest BCUT2D eigenvalue weighted by Gasteiger charge is -2.09. The molecule has 0 spiro atoms. The molecule has 0 aliphatic heterocycles. The first kappa shape index (κ1) is 21.6. The Morgan fingerprint density at radius 1 is 0.969 bits per heavy atom. The Balaban J connectivity index is 1.53. The largest absolute Gasteiger partial charge is 0.494 e. The molecule has 3 aromatic carbocycles. The van der Waals surface area contributed by atoms with Crippen LogP contribution in [0, 0.1) is 6.92 Å². The third-order valence-corrected chi connectivity index (χ3v) is 5.39. The van der Waals surface area contributed by atoms with Gasteiger partial charge in [0, 0.05) is 11.3 Å². The van der Waals surface area contributed by atoms with Crippen LogP contribution in [-0.2, 0) is 6.42 Å². The molecule has 6 heteroatoms. The van der Waals surface area contributed by atoms with E-state index < -0.39 is 0 Å². The highest BCUT2D eigenvalue weighted by atomic mass is 16.5. The lowest BCUT2D eigenvalue weighted by molar-refractivity contribution is 0.102. The molecule has 164 valence electrons. The Kier molecular flexibility index (Phi) is 6.50. The van der Waals surface area contributed by atoms with Gasteiger partial charge in [-0.1, -0.05) is 25.5 Å². The van der Waals surface area contributed by atoms with E-state index in [0.717, 1.165) is 40.1 Å². The predicted octanol–water partition coefficient (Wildman–Crippen LogP) is 5.72. The van der Waals surface area contributed by atoms with Gasteiger partial charge in [-0.3, -0.25) is 4.79 Å². The van der Waals surface area contributed by atoms with Crippen LogP contribution in [-0.4, -0.2) is 27.5 Å². The average molecular weight is 429 g/mol. The summed E-state index contributed by atoms with van der Waals surface area (Å²) in [6.07, 6.45) is 3.46. The van der Waals surface area contributed by atoms with Gasteiger partial charge in [0.2, 0.25) is 0 Å². The van der Waals surface area contributed by atoms with Gasteiger partial charge in [0.1, 0.15) is 16.8 Å². The topological polar surface area (TPSA) is 69.0 Å². The van der Waals surface area contributed by atoms with Crippen LogP contribution >= 0.6 is 0 Å². The maximum atomic E-state index is 12.7. The zero-order valence-electron chi connectivity index (χ0n) is 18.8. The van der Waals surface area contributed by atoms with Crippen LogP contribution in [0.1, 0.15) is 48.2 Å². The number of rotatable bonds is 8. The van der Waals surface area contributed by atoms with E-state index in [9.17, 15) is 4.79 Å². The van der Waals surface area contributed by atoms with Gasteiger partial charge in [0.25, 0.3) is 5.91 Å². The fourth-order valence-corrected chi connectivity index (χ4v) is 3.56. The minimum absolute atomic E-state index is 0.175. The summed E-state index contributed by atoms with van der Waals surface area (Å²) in [5.74, 6) is 0.571. The van der Waals surface area contributed by atoms with E-state index in [-0.39, 0.29) is 5.91 Å². The van der Waals surface area contributed by atoms with Crippen LogP contribution in [0.15, 0.2) is 60.7 Å². The number of fused-ring (bicyclic) bond motifs is 1. The molecule has 1 amide bonds. The summed E-state index contributed by atoms with van der Waals surface area (Å²) >= 11 is 0. The number of aryl methyl sites for hydroxylation is 2. The Hall–Kier alpha value is -3.67. The van der Waals surface area contributed by atoms with Crippen molar-refractivity contribution in [1.82, 2.24) is 15.0 Å². The molecular formula is C26H28N4O2. The van der Waals surface area contributed by atoms with Crippen molar-refractivity contribution in [3.05, 3.63) is 77.4 Å². The van der Waals surface area contributed by atoms with Gasteiger partial charge in [-0.25, -0.2) is 0 Å². The van der Waals surface area contributed by atoms with Crippen molar-refractivity contribution in [2.75, 3.05) is 11.9 Å². The molecule has 0 aliphatic carbocycles. The Morgan fingerprint density at radius 2 is 1.66 bits per heavy atom. The average Bonchev–Trinajstić information content (AvgIpc) is 3.21. The monoisotopic (exact) mass is 428 g/mol. The highest BCUT2D eigenvalue weighted by Gasteiger charge is 2.12. The molecule has 4 rings (SSSR count). The third kappa shape index (κ3) is 4.80. The molecule has 1 aromatic heterocycles. The predicted molar refractivity (Wildman–Crippen MR) is 128 cm³/mol. The van der Waals surface area contributed by atoms with E-state index >= 15 is 0 Å². The van der Waals surface area contributed by atoms with Crippen molar-refractivity contribution >= 4 is 22.6 Å². The molecule has 32 heavy (non-hydrogen) atoms. The second-order valence-corrected chi connectivity index (χ2v) is 7.83. The Labute approximate surface area is 188 Å². The molecule has 0 saturated carbocycles. The van der Waals surface area contributed by atoms with Crippen LogP contribution in [0.4, 0.5) is 5.69 Å². The molecule has 0 atom stereocenters. The summed E-state index contributed by atoms with van der Waals surface area (Å²) in [7, 11) is 0. The number of ether oxygens (including phenoxy) is 1. The van der Waals surface area contributed by atoms with Crippen molar-refractivity contribution in [2.45, 2.75) is 40.0 Å². The quantitative estimate of drug-likeness (QED) is 0.389. The first-order chi connectivity index (χ1) is 15.6. The lowest BCUT2D eigenvalue weighted by atomic mass is 10.1. The maximum absolute atomic E-state index is 12.7. The van der Waals surface area contributed by atoms with Crippen molar-refractivity contribution < 1.29 is 9.53 Å². The minimum atomic E-state index is -0.175. The minimum Gasteiger partial charge on any atom is -0.494 e. The summed E-state index contributed by atoms with van der Waals surface area (Å²) in [5, 5.41) is 12.2. The molecule has 0 fully saturated rings. The van der Waals surface area contributed by atoms with Crippen LogP contribution < -0.4 is 10.1 Å². The fraction of sp³-hybridized carbons (Fsp3) is 0.269. The second-order valence-electron chi connectivity index (χ2n) is 7.83. The van der Waals surface area contributed by atoms with Crippen LogP contribution in [0.5, 0.6) is 5.75 Å². The van der Waals surface area contributed by atoms with Gasteiger partial charge in [-0.05, 0) is 86.3 Å². The highest BCUT2D eigenvalue weighted by Crippen LogP contribution is 2.23. The number of hydrogen-bond donors (Lipinski definition) is 1. The lowest BCUT2D eigenvalue weighted by Crippen LogP contribution is -2.12. The molecule has 1 heterocycles. The molecule has 0 bridgehead atoms. The zero-order valence-corrected chi connectivity index (χ0v) is 18.8. The summed E-state index contributed by atoms with van der Waals surface area (Å²) in [6.45, 7) is 6.67. The van der Waals surface area contributed by atoms with Gasteiger partial charge in [0.15, 0.2) is 0 Å². The number of unbranched alkanes of at least 4 members (excludes halogenated alkanes) is 1. The van der Waals surface area contributed by atoms with Crippen molar-refractivity contribution in [3.63, 3.8) is 0 Å². The molecule has 6 nitrogen and oxygen atoms in total. The van der Waals surface area contributed by atoms with Crippen molar-refractivity contribution in [2.24, 2.45) is 0 Å². The van der Waals surface area contributed by atoms with E-state index in [0.29, 0.717) is 12.2 Å². The van der Waals surface area contributed by atoms with Crippen LogP contribution in [0.2, 0.25) is 0 Å². The van der Waals surface area contributed by atoms with E-state index in [1.54, 1.807) is 29.1 Å². The normalized spacial score (nSPS) is 11.0. The SMILES string of the molecule is CCCCc1ccc(-n2nc3cc(C)c(NC(=O)c4ccc(OCC)cc4)cc3n2)cc1. The molecular weight excluding hydrogens is 400 g/mol. The first-order valence-electron chi connectivity index (χ1n) is 11.1. The molecule has 0 saturated heterocycles. The summed E-state index contributed by atoms with van der Waals surface area (Å²) in [4.78, 5) is 14.4. The van der Waals surface area contributed by atoms with Crippen molar-refractivity contribution in [3.8, 4) is 11.4 Å². The molecule has 0 unspecified atom stereocenters. The van der Waals surface area contributed by atoms with E-state index in [2.05, 4.69) is 34.6 Å². The number of hydrogen-bond acceptors (Lipinski definition) is 4. The fourth-order valence-electron chi connectivity index (χ4n) is 3.56. The van der Waals surface area contributed by atoms with Crippen molar-refractivity contribution in [1.29, 1.82) is 0 Å². The maximum Gasteiger partial charge on any atom is 0.255 e. The number of amides is 1. The summed E-state index contributed by atoms with van der Waals surface area (Å²) < 4.78 is 5.44. The van der Waals surface area contributed by atoms with Gasteiger partial charge < -0.3 is 10.1 Å². The number of nitrogens with zero attached hydrogens (tertiary/aromatic N) is 3. The van der Waals surface area contributed by atoms with Gasteiger partial charge in [-0.15, -0.1) is 10.2 Å². The first-order valence-corrected chi connectivity index (χ1v) is 11.1. The second kappa shape index (κ2) is 9.64. The smallest absolute Gasteiger partial charge is 0.255 e. The van der Waals surface area contributed by atoms with Crippen LogP contribution in [0.25, 0.3) is 16.7 Å². The molecule has 4 aromatic rings. The highest BCUT2D eigenvalue weighted by molar-refractivity contribution is 6.05. The molecule has 0 aliphatic rings.